The molecule has 10 nitrogen and oxygen atoms in total. The van der Waals surface area contributed by atoms with E-state index >= 15 is 0 Å². The standard InChI is InChI=1S/C36H48N2O8/c1-20-12-11-15-24-18-27-30-25(34(45-27)28(44-4)19-29(39)38-31(30)33(24)41)16-9-6-10-17-26(21(2)32(20)40)46-36(43)22(3)37-35(42)23-13-7-5-8-14-23/h6,9-10,12,16,18,21-23,25-26,28,32,34,40-41H,5,7-8,11,13-15,17,19H2,1-4H3,(H,37,42)(H,38,39)/b10-6+,16-9?,20-12-/t21-,22+,25+,26-,28+,32-,34+/m0/s1. The number of phenolic OH excluding ortho intramolecular Hbond substituents is 1. The number of carbonyl (C=O) groups is 3. The molecular weight excluding hydrogens is 588 g/mol. The number of amides is 2. The minimum Gasteiger partial charge on any atom is -0.505 e. The predicted molar refractivity (Wildman–Crippen MR) is 174 cm³/mol. The minimum atomic E-state index is -0.890. The number of anilines is 1. The van der Waals surface area contributed by atoms with Gasteiger partial charge >= 0.3 is 5.97 Å². The van der Waals surface area contributed by atoms with Crippen LogP contribution in [-0.2, 0) is 30.3 Å². The van der Waals surface area contributed by atoms with Crippen molar-refractivity contribution in [2.24, 2.45) is 11.8 Å². The second-order valence-electron chi connectivity index (χ2n) is 13.2. The van der Waals surface area contributed by atoms with Crippen LogP contribution in [0.15, 0.2) is 42.0 Å². The van der Waals surface area contributed by atoms with Gasteiger partial charge in [-0.1, -0.05) is 56.6 Å². The van der Waals surface area contributed by atoms with E-state index in [0.717, 1.165) is 32.1 Å². The number of rotatable bonds is 5. The van der Waals surface area contributed by atoms with Crippen LogP contribution >= 0.6 is 0 Å². The number of ether oxygens (including phenoxy) is 3. The lowest BCUT2D eigenvalue weighted by Crippen LogP contribution is -2.45. The number of phenols is 1. The molecule has 0 unspecified atom stereocenters. The zero-order chi connectivity index (χ0) is 33.0. The molecule has 6 rings (SSSR count). The van der Waals surface area contributed by atoms with Gasteiger partial charge in [0, 0.05) is 42.4 Å². The quantitative estimate of drug-likeness (QED) is 0.201. The molecule has 1 fully saturated rings. The molecule has 0 radical (unpaired) electrons. The molecule has 0 saturated heterocycles. The van der Waals surface area contributed by atoms with E-state index in [1.54, 1.807) is 14.0 Å². The number of esters is 1. The van der Waals surface area contributed by atoms with Crippen LogP contribution in [0.1, 0.15) is 89.2 Å². The van der Waals surface area contributed by atoms with Crippen molar-refractivity contribution in [1.82, 2.24) is 5.32 Å². The Bertz CT molecular complexity index is 1390. The van der Waals surface area contributed by atoms with Crippen molar-refractivity contribution in [3.8, 4) is 11.5 Å². The molecular formula is C36H48N2O8. The smallest absolute Gasteiger partial charge is 0.328 e. The second-order valence-corrected chi connectivity index (χ2v) is 13.2. The van der Waals surface area contributed by atoms with Crippen molar-refractivity contribution in [2.45, 2.75) is 115 Å². The molecule has 10 heteroatoms. The number of aliphatic hydroxyl groups excluding tert-OH is 1. The maximum atomic E-state index is 13.2. The van der Waals surface area contributed by atoms with Gasteiger partial charge in [-0.25, -0.2) is 4.79 Å². The number of carbonyl (C=O) groups excluding carboxylic acids is 3. The van der Waals surface area contributed by atoms with E-state index in [-0.39, 0.29) is 35.8 Å². The molecule has 250 valence electrons. The Kier molecular flexibility index (Phi) is 10.9. The van der Waals surface area contributed by atoms with E-state index in [4.69, 9.17) is 14.2 Å². The van der Waals surface area contributed by atoms with Gasteiger partial charge < -0.3 is 35.1 Å². The minimum absolute atomic E-state index is 0.0159. The highest BCUT2D eigenvalue weighted by Gasteiger charge is 2.44. The molecule has 6 bridgehead atoms. The number of methoxy groups -OCH3 is 1. The van der Waals surface area contributed by atoms with Crippen LogP contribution in [0.5, 0.6) is 11.5 Å². The number of aromatic hydroxyl groups is 1. The Morgan fingerprint density at radius 2 is 1.91 bits per heavy atom. The van der Waals surface area contributed by atoms with Crippen LogP contribution in [0.25, 0.3) is 0 Å². The van der Waals surface area contributed by atoms with Crippen molar-refractivity contribution >= 4 is 23.5 Å². The first kappa shape index (κ1) is 33.7. The molecule has 2 heterocycles. The highest BCUT2D eigenvalue weighted by atomic mass is 16.5. The molecule has 4 N–H and O–H groups in total. The average Bonchev–Trinajstić information content (AvgIpc) is 3.42. The summed E-state index contributed by atoms with van der Waals surface area (Å²) in [5, 5.41) is 28.4. The van der Waals surface area contributed by atoms with Gasteiger partial charge in [-0.15, -0.1) is 0 Å². The molecule has 46 heavy (non-hydrogen) atoms. The zero-order valence-corrected chi connectivity index (χ0v) is 27.3. The molecule has 0 aromatic heterocycles. The van der Waals surface area contributed by atoms with Gasteiger partial charge in [-0.3, -0.25) is 9.59 Å². The van der Waals surface area contributed by atoms with E-state index in [9.17, 15) is 24.6 Å². The van der Waals surface area contributed by atoms with E-state index in [1.165, 1.54) is 0 Å². The summed E-state index contributed by atoms with van der Waals surface area (Å²) >= 11 is 0. The average molecular weight is 637 g/mol. The number of nitrogens with one attached hydrogen (secondary N) is 2. The number of aryl methyl sites for hydroxylation is 1. The van der Waals surface area contributed by atoms with Crippen molar-refractivity contribution < 1.29 is 38.8 Å². The first-order valence-electron chi connectivity index (χ1n) is 16.7. The summed E-state index contributed by atoms with van der Waals surface area (Å²) in [6.07, 6.45) is 13.2. The van der Waals surface area contributed by atoms with Crippen LogP contribution in [-0.4, -0.2) is 65.6 Å². The maximum absolute atomic E-state index is 13.2. The van der Waals surface area contributed by atoms with Crippen molar-refractivity contribution in [3.05, 3.63) is 53.1 Å². The van der Waals surface area contributed by atoms with Gasteiger partial charge in [0.25, 0.3) is 0 Å². The SMILES string of the molecule is CO[C@@H]1CC(=O)Nc2c(O)c3cc4c2[C@@H](C=C/C=C/C[C@H](OC(=O)[C@@H](C)NC(=O)C2CCCCC2)[C@H](C)[C@@H](O)/C(C)=C\CC3)[C@H]1O4. The summed E-state index contributed by atoms with van der Waals surface area (Å²) in [6.45, 7) is 5.33. The fourth-order valence-corrected chi connectivity index (χ4v) is 7.11. The molecule has 5 aliphatic rings. The van der Waals surface area contributed by atoms with Gasteiger partial charge in [-0.05, 0) is 51.2 Å². The van der Waals surface area contributed by atoms with Crippen LogP contribution in [0, 0.1) is 11.8 Å². The van der Waals surface area contributed by atoms with Crippen molar-refractivity contribution in [1.29, 1.82) is 0 Å². The van der Waals surface area contributed by atoms with Gasteiger partial charge in [-0.2, -0.15) is 0 Å². The summed E-state index contributed by atoms with van der Waals surface area (Å²) < 4.78 is 18.0. The lowest BCUT2D eigenvalue weighted by Gasteiger charge is -2.29. The maximum Gasteiger partial charge on any atom is 0.328 e. The molecule has 1 aromatic carbocycles. The molecule has 3 aliphatic carbocycles. The topological polar surface area (TPSA) is 143 Å². The van der Waals surface area contributed by atoms with E-state index in [0.29, 0.717) is 47.4 Å². The monoisotopic (exact) mass is 636 g/mol. The summed E-state index contributed by atoms with van der Waals surface area (Å²) in [6, 6.07) is 1.02. The highest BCUT2D eigenvalue weighted by Crippen LogP contribution is 2.51. The number of benzene rings is 1. The molecule has 1 saturated carbocycles. The van der Waals surface area contributed by atoms with Gasteiger partial charge in [0.1, 0.15) is 35.9 Å². The largest absolute Gasteiger partial charge is 0.505 e. The zero-order valence-electron chi connectivity index (χ0n) is 27.3. The van der Waals surface area contributed by atoms with Crippen molar-refractivity contribution in [2.75, 3.05) is 12.4 Å². The first-order valence-corrected chi connectivity index (χ1v) is 16.7. The van der Waals surface area contributed by atoms with Crippen molar-refractivity contribution in [3.63, 3.8) is 0 Å². The van der Waals surface area contributed by atoms with Gasteiger partial charge in [0.2, 0.25) is 11.8 Å². The summed E-state index contributed by atoms with van der Waals surface area (Å²) in [7, 11) is 1.56. The summed E-state index contributed by atoms with van der Waals surface area (Å²) in [4.78, 5) is 38.8. The third-order valence-electron chi connectivity index (χ3n) is 9.97. The number of aliphatic hydroxyl groups is 1. The highest BCUT2D eigenvalue weighted by molar-refractivity contribution is 5.95. The Hall–Kier alpha value is -3.63. The normalized spacial score (nSPS) is 31.0. The second kappa shape index (κ2) is 14.9. The Morgan fingerprint density at radius 1 is 1.15 bits per heavy atom. The lowest BCUT2D eigenvalue weighted by molar-refractivity contribution is -0.156. The molecule has 2 aliphatic heterocycles. The fourth-order valence-electron chi connectivity index (χ4n) is 7.11. The predicted octanol–water partition coefficient (Wildman–Crippen LogP) is 4.98. The van der Waals surface area contributed by atoms with Gasteiger partial charge in [0.15, 0.2) is 0 Å². The number of hydrogen-bond donors (Lipinski definition) is 4. The third-order valence-corrected chi connectivity index (χ3v) is 9.97. The fraction of sp³-hybridized carbons (Fsp3) is 0.583. The molecule has 1 aromatic rings. The molecule has 2 amide bonds. The van der Waals surface area contributed by atoms with Crippen LogP contribution in [0.4, 0.5) is 5.69 Å². The third kappa shape index (κ3) is 7.33. The Morgan fingerprint density at radius 3 is 2.65 bits per heavy atom. The number of fused-ring (bicyclic) bond motifs is 8. The van der Waals surface area contributed by atoms with Crippen LogP contribution in [0.3, 0.4) is 0 Å². The van der Waals surface area contributed by atoms with E-state index in [2.05, 4.69) is 10.6 Å². The van der Waals surface area contributed by atoms with Crippen LogP contribution < -0.4 is 15.4 Å². The van der Waals surface area contributed by atoms with Crippen LogP contribution in [0.2, 0.25) is 0 Å². The first-order chi connectivity index (χ1) is 22.1. The summed E-state index contributed by atoms with van der Waals surface area (Å²) in [5.41, 5.74) is 2.41. The Labute approximate surface area is 271 Å². The van der Waals surface area contributed by atoms with E-state index < -0.39 is 42.3 Å². The molecule has 7 atom stereocenters. The van der Waals surface area contributed by atoms with E-state index in [1.807, 2.05) is 50.3 Å². The summed E-state index contributed by atoms with van der Waals surface area (Å²) in [5.74, 6) is -1.08. The molecule has 0 spiro atoms. The Balaban J connectivity index is 1.40. The number of allylic oxidation sites excluding steroid dienone is 3. The lowest BCUT2D eigenvalue weighted by atomic mass is 9.86. The van der Waals surface area contributed by atoms with Gasteiger partial charge in [0.05, 0.1) is 18.2 Å². The number of hydrogen-bond acceptors (Lipinski definition) is 8.